The van der Waals surface area contributed by atoms with Crippen molar-refractivity contribution in [2.75, 3.05) is 0 Å². The van der Waals surface area contributed by atoms with E-state index in [-0.39, 0.29) is 6.04 Å². The van der Waals surface area contributed by atoms with Crippen LogP contribution >= 0.6 is 0 Å². The van der Waals surface area contributed by atoms with Gasteiger partial charge in [-0.1, -0.05) is 5.16 Å². The second-order valence-corrected chi connectivity index (χ2v) is 4.30. The molecule has 2 aromatic rings. The van der Waals surface area contributed by atoms with E-state index in [9.17, 15) is 0 Å². The van der Waals surface area contributed by atoms with Gasteiger partial charge in [-0.25, -0.2) is 0 Å². The van der Waals surface area contributed by atoms with E-state index in [1.807, 2.05) is 18.3 Å². The molecule has 2 heterocycles. The van der Waals surface area contributed by atoms with Crippen LogP contribution in [0.15, 0.2) is 22.9 Å². The van der Waals surface area contributed by atoms with Crippen molar-refractivity contribution in [1.29, 1.82) is 0 Å². The van der Waals surface area contributed by atoms with Crippen molar-refractivity contribution in [2.45, 2.75) is 25.3 Å². The molecule has 1 fully saturated rings. The Labute approximate surface area is 93.0 Å². The van der Waals surface area contributed by atoms with Gasteiger partial charge in [-0.2, -0.15) is 4.98 Å². The maximum Gasteiger partial charge on any atom is 0.228 e. The number of nitrogens with two attached hydrogens (primary N) is 1. The zero-order chi connectivity index (χ0) is 11.0. The molecular weight excluding hydrogens is 204 g/mol. The molecule has 0 aliphatic heterocycles. The van der Waals surface area contributed by atoms with Gasteiger partial charge in [0.2, 0.25) is 11.7 Å². The van der Waals surface area contributed by atoms with Gasteiger partial charge in [0.25, 0.3) is 0 Å². The molecule has 1 aliphatic carbocycles. The number of hydrogen-bond donors (Lipinski definition) is 2. The summed E-state index contributed by atoms with van der Waals surface area (Å²) in [5, 5.41) is 3.92. The lowest BCUT2D eigenvalue weighted by Crippen LogP contribution is -2.25. The first kappa shape index (κ1) is 9.59. The highest BCUT2D eigenvalue weighted by atomic mass is 16.5. The predicted octanol–water partition coefficient (Wildman–Crippen LogP) is 1.34. The number of rotatable bonds is 4. The number of nitrogens with zero attached hydrogens (tertiary/aromatic N) is 2. The first-order valence-corrected chi connectivity index (χ1v) is 5.55. The van der Waals surface area contributed by atoms with Crippen molar-refractivity contribution in [1.82, 2.24) is 15.1 Å². The van der Waals surface area contributed by atoms with Crippen LogP contribution in [0.1, 0.15) is 18.7 Å². The third-order valence-corrected chi connectivity index (χ3v) is 2.94. The van der Waals surface area contributed by atoms with Gasteiger partial charge in [0.1, 0.15) is 0 Å². The molecule has 84 valence electrons. The Hall–Kier alpha value is -1.62. The van der Waals surface area contributed by atoms with E-state index >= 15 is 0 Å². The molecule has 0 amide bonds. The minimum absolute atomic E-state index is 0.164. The molecule has 3 N–H and O–H groups in total. The van der Waals surface area contributed by atoms with Crippen molar-refractivity contribution >= 4 is 0 Å². The second kappa shape index (κ2) is 3.75. The van der Waals surface area contributed by atoms with Gasteiger partial charge >= 0.3 is 0 Å². The summed E-state index contributed by atoms with van der Waals surface area (Å²) in [4.78, 5) is 7.35. The Morgan fingerprint density at radius 1 is 1.56 bits per heavy atom. The standard InChI is InChI=1S/C11H14N4O/c12-8(7-3-4-7)6-10-14-11(15-16-10)9-2-1-5-13-9/h1-2,5,7-8,13H,3-4,6,12H2. The van der Waals surface area contributed by atoms with Gasteiger partial charge in [-0.05, 0) is 30.9 Å². The summed E-state index contributed by atoms with van der Waals surface area (Å²) in [5.41, 5.74) is 6.87. The van der Waals surface area contributed by atoms with Crippen LogP contribution in [0.4, 0.5) is 0 Å². The highest BCUT2D eigenvalue weighted by Crippen LogP contribution is 2.32. The van der Waals surface area contributed by atoms with Gasteiger partial charge in [0.15, 0.2) is 0 Å². The van der Waals surface area contributed by atoms with Gasteiger partial charge in [-0.3, -0.25) is 0 Å². The summed E-state index contributed by atoms with van der Waals surface area (Å²) in [6.07, 6.45) is 4.98. The van der Waals surface area contributed by atoms with E-state index in [4.69, 9.17) is 10.3 Å². The fraction of sp³-hybridized carbons (Fsp3) is 0.455. The molecule has 0 aromatic carbocycles. The molecule has 0 radical (unpaired) electrons. The Balaban J connectivity index is 1.72. The van der Waals surface area contributed by atoms with Crippen LogP contribution in [0.3, 0.4) is 0 Å². The maximum atomic E-state index is 6.00. The van der Waals surface area contributed by atoms with Crippen LogP contribution in [0.2, 0.25) is 0 Å². The van der Waals surface area contributed by atoms with Crippen molar-refractivity contribution in [3.8, 4) is 11.5 Å². The summed E-state index contributed by atoms with van der Waals surface area (Å²) in [5.74, 6) is 1.88. The van der Waals surface area contributed by atoms with Gasteiger partial charge < -0.3 is 15.2 Å². The summed E-state index contributed by atoms with van der Waals surface area (Å²) in [7, 11) is 0. The van der Waals surface area contributed by atoms with Crippen molar-refractivity contribution in [3.05, 3.63) is 24.2 Å². The van der Waals surface area contributed by atoms with E-state index in [1.54, 1.807) is 0 Å². The Bertz CT molecular complexity index is 458. The van der Waals surface area contributed by atoms with Gasteiger partial charge in [0, 0.05) is 18.7 Å². The molecule has 1 unspecified atom stereocenters. The van der Waals surface area contributed by atoms with Crippen LogP contribution < -0.4 is 5.73 Å². The van der Waals surface area contributed by atoms with Crippen LogP contribution in [-0.2, 0) is 6.42 Å². The summed E-state index contributed by atoms with van der Waals surface area (Å²) in [6, 6.07) is 3.98. The van der Waals surface area contributed by atoms with Gasteiger partial charge in [0.05, 0.1) is 5.69 Å². The minimum Gasteiger partial charge on any atom is -0.359 e. The lowest BCUT2D eigenvalue weighted by atomic mass is 10.1. The molecule has 1 atom stereocenters. The van der Waals surface area contributed by atoms with E-state index in [0.29, 0.717) is 24.1 Å². The van der Waals surface area contributed by atoms with Crippen molar-refractivity contribution in [3.63, 3.8) is 0 Å². The number of aromatic nitrogens is 3. The molecule has 0 saturated heterocycles. The second-order valence-electron chi connectivity index (χ2n) is 4.30. The molecule has 16 heavy (non-hydrogen) atoms. The fourth-order valence-corrected chi connectivity index (χ4v) is 1.81. The normalized spacial score (nSPS) is 17.6. The highest BCUT2D eigenvalue weighted by Gasteiger charge is 2.29. The minimum atomic E-state index is 0.164. The molecule has 3 rings (SSSR count). The van der Waals surface area contributed by atoms with E-state index in [0.717, 1.165) is 5.69 Å². The van der Waals surface area contributed by atoms with Crippen LogP contribution in [0.25, 0.3) is 11.5 Å². The molecule has 1 saturated carbocycles. The molecule has 5 nitrogen and oxygen atoms in total. The van der Waals surface area contributed by atoms with Crippen LogP contribution in [0, 0.1) is 5.92 Å². The Morgan fingerprint density at radius 2 is 2.44 bits per heavy atom. The van der Waals surface area contributed by atoms with E-state index in [1.165, 1.54) is 12.8 Å². The highest BCUT2D eigenvalue weighted by molar-refractivity contribution is 5.47. The first-order valence-electron chi connectivity index (χ1n) is 5.55. The first-order chi connectivity index (χ1) is 7.83. The summed E-state index contributed by atoms with van der Waals surface area (Å²) in [6.45, 7) is 0. The average molecular weight is 218 g/mol. The van der Waals surface area contributed by atoms with Crippen molar-refractivity contribution in [2.24, 2.45) is 11.7 Å². The van der Waals surface area contributed by atoms with Crippen LogP contribution in [-0.4, -0.2) is 21.2 Å². The number of hydrogen-bond acceptors (Lipinski definition) is 4. The molecular formula is C11H14N4O. The SMILES string of the molecule is NC(Cc1nc(-c2ccc[nH]2)no1)C1CC1. The molecule has 0 spiro atoms. The summed E-state index contributed by atoms with van der Waals surface area (Å²) < 4.78 is 5.18. The monoisotopic (exact) mass is 218 g/mol. The van der Waals surface area contributed by atoms with Crippen LogP contribution in [0.5, 0.6) is 0 Å². The molecule has 0 bridgehead atoms. The fourth-order valence-electron chi connectivity index (χ4n) is 1.81. The molecule has 5 heteroatoms. The number of H-pyrrole nitrogens is 1. The third-order valence-electron chi connectivity index (χ3n) is 2.94. The topological polar surface area (TPSA) is 80.7 Å². The third kappa shape index (κ3) is 1.86. The molecule has 1 aliphatic rings. The maximum absolute atomic E-state index is 6.00. The number of aromatic amines is 1. The van der Waals surface area contributed by atoms with E-state index < -0.39 is 0 Å². The quantitative estimate of drug-likeness (QED) is 0.811. The Morgan fingerprint density at radius 3 is 3.12 bits per heavy atom. The Kier molecular flexibility index (Phi) is 2.25. The number of nitrogens with one attached hydrogen (secondary N) is 1. The zero-order valence-electron chi connectivity index (χ0n) is 8.89. The smallest absolute Gasteiger partial charge is 0.228 e. The van der Waals surface area contributed by atoms with Crippen molar-refractivity contribution < 1.29 is 4.52 Å². The summed E-state index contributed by atoms with van der Waals surface area (Å²) >= 11 is 0. The van der Waals surface area contributed by atoms with E-state index in [2.05, 4.69) is 15.1 Å². The predicted molar refractivity (Wildman–Crippen MR) is 58.5 cm³/mol. The molecule has 2 aromatic heterocycles. The lowest BCUT2D eigenvalue weighted by molar-refractivity contribution is 0.363. The van der Waals surface area contributed by atoms with Gasteiger partial charge in [-0.15, -0.1) is 0 Å². The average Bonchev–Trinajstić information content (AvgIpc) is 2.80. The largest absolute Gasteiger partial charge is 0.359 e. The zero-order valence-corrected chi connectivity index (χ0v) is 8.89. The lowest BCUT2D eigenvalue weighted by Gasteiger charge is -2.04.